The maximum atomic E-state index is 10.6. The quantitative estimate of drug-likeness (QED) is 0.304. The van der Waals surface area contributed by atoms with Crippen molar-refractivity contribution in [2.24, 2.45) is 5.73 Å². The van der Waals surface area contributed by atoms with Gasteiger partial charge >= 0.3 is 5.97 Å². The lowest BCUT2D eigenvalue weighted by molar-refractivity contribution is -0.138. The Labute approximate surface area is 127 Å². The van der Waals surface area contributed by atoms with Crippen molar-refractivity contribution >= 4 is 5.97 Å². The van der Waals surface area contributed by atoms with E-state index in [0.29, 0.717) is 19.4 Å². The number of rotatable bonds is 14. The minimum atomic E-state index is -0.965. The molecule has 0 aromatic heterocycles. The van der Waals surface area contributed by atoms with Crippen molar-refractivity contribution in [1.82, 2.24) is 5.32 Å². The van der Waals surface area contributed by atoms with Crippen molar-refractivity contribution in [2.75, 3.05) is 13.2 Å². The zero-order valence-electron chi connectivity index (χ0n) is 13.1. The molecule has 0 aliphatic heterocycles. The first-order chi connectivity index (χ1) is 10.0. The zero-order valence-corrected chi connectivity index (χ0v) is 13.1. The third-order valence-electron chi connectivity index (χ3n) is 3.67. The van der Waals surface area contributed by atoms with Crippen molar-refractivity contribution in [3.05, 3.63) is 0 Å². The van der Waals surface area contributed by atoms with Gasteiger partial charge in [-0.05, 0) is 32.2 Å². The summed E-state index contributed by atoms with van der Waals surface area (Å²) >= 11 is 0. The lowest BCUT2D eigenvalue weighted by Crippen LogP contribution is -2.41. The van der Waals surface area contributed by atoms with Gasteiger partial charge in [-0.2, -0.15) is 0 Å². The molecule has 0 aliphatic carbocycles. The van der Waals surface area contributed by atoms with Crippen molar-refractivity contribution in [3.63, 3.8) is 0 Å². The molecule has 6 heteroatoms. The molecule has 0 aromatic carbocycles. The molecule has 0 spiro atoms. The summed E-state index contributed by atoms with van der Waals surface area (Å²) in [4.78, 5) is 10.6. The highest BCUT2D eigenvalue weighted by Gasteiger charge is 2.17. The molecule has 6 N–H and O–H groups in total. The van der Waals surface area contributed by atoms with Gasteiger partial charge in [0.15, 0.2) is 0 Å². The average Bonchev–Trinajstić information content (AvgIpc) is 2.45. The Balaban J connectivity index is 3.84. The van der Waals surface area contributed by atoms with Crippen LogP contribution in [0.1, 0.15) is 58.3 Å². The van der Waals surface area contributed by atoms with Crippen molar-refractivity contribution < 1.29 is 20.1 Å². The maximum absolute atomic E-state index is 10.6. The number of nitrogens with two attached hydrogens (primary N) is 1. The molecule has 0 radical (unpaired) electrons. The van der Waals surface area contributed by atoms with Crippen molar-refractivity contribution in [1.29, 1.82) is 0 Å². The summed E-state index contributed by atoms with van der Waals surface area (Å²) in [6.45, 7) is 2.87. The number of hydrogen-bond donors (Lipinski definition) is 5. The molecule has 0 aromatic rings. The summed E-state index contributed by atoms with van der Waals surface area (Å²) in [5.74, 6) is -0.965. The summed E-state index contributed by atoms with van der Waals surface area (Å²) in [5.41, 5.74) is 5.43. The van der Waals surface area contributed by atoms with Gasteiger partial charge in [0.1, 0.15) is 6.04 Å². The average molecular weight is 304 g/mol. The first-order valence-corrected chi connectivity index (χ1v) is 8.03. The van der Waals surface area contributed by atoms with Crippen LogP contribution in [-0.2, 0) is 4.79 Å². The van der Waals surface area contributed by atoms with E-state index < -0.39 is 18.1 Å². The van der Waals surface area contributed by atoms with Gasteiger partial charge in [-0.3, -0.25) is 4.79 Å². The van der Waals surface area contributed by atoms with Crippen molar-refractivity contribution in [3.8, 4) is 0 Å². The summed E-state index contributed by atoms with van der Waals surface area (Å²) in [7, 11) is 0. The second-order valence-corrected chi connectivity index (χ2v) is 5.58. The zero-order chi connectivity index (χ0) is 16.1. The summed E-state index contributed by atoms with van der Waals surface area (Å²) in [6, 6.07) is -0.891. The smallest absolute Gasteiger partial charge is 0.320 e. The van der Waals surface area contributed by atoms with Crippen LogP contribution < -0.4 is 11.1 Å². The second-order valence-electron chi connectivity index (χ2n) is 5.58. The number of carbonyl (C=O) groups is 1. The predicted molar refractivity (Wildman–Crippen MR) is 83.1 cm³/mol. The van der Waals surface area contributed by atoms with E-state index in [-0.39, 0.29) is 12.6 Å². The molecule has 2 unspecified atom stereocenters. The van der Waals surface area contributed by atoms with Crippen LogP contribution in [0.3, 0.4) is 0 Å². The van der Waals surface area contributed by atoms with Crippen LogP contribution in [0.25, 0.3) is 0 Å². The Hall–Kier alpha value is -0.690. The Bertz CT molecular complexity index is 264. The predicted octanol–water partition coefficient (Wildman–Crippen LogP) is 0.850. The minimum Gasteiger partial charge on any atom is -0.480 e. The van der Waals surface area contributed by atoms with Gasteiger partial charge in [0.05, 0.1) is 6.10 Å². The van der Waals surface area contributed by atoms with E-state index in [2.05, 4.69) is 12.2 Å². The van der Waals surface area contributed by atoms with Crippen LogP contribution >= 0.6 is 0 Å². The number of nitrogens with one attached hydrogen (secondary N) is 1. The molecule has 126 valence electrons. The van der Waals surface area contributed by atoms with E-state index in [1.54, 1.807) is 0 Å². The van der Waals surface area contributed by atoms with Gasteiger partial charge < -0.3 is 26.4 Å². The van der Waals surface area contributed by atoms with Crippen LogP contribution in [0.4, 0.5) is 0 Å². The number of unbranched alkanes of at least 4 members (excludes halogenated alkanes) is 3. The first kappa shape index (κ1) is 20.3. The molecule has 0 bridgehead atoms. The van der Waals surface area contributed by atoms with Crippen LogP contribution in [0.2, 0.25) is 0 Å². The molecular formula is C15H32N2O4. The molecule has 0 saturated heterocycles. The highest BCUT2D eigenvalue weighted by Crippen LogP contribution is 2.09. The molecule has 0 heterocycles. The highest BCUT2D eigenvalue weighted by molar-refractivity contribution is 5.72. The van der Waals surface area contributed by atoms with E-state index in [1.807, 2.05) is 0 Å². The lowest BCUT2D eigenvalue weighted by atomic mass is 10.0. The Morgan fingerprint density at radius 2 is 1.81 bits per heavy atom. The largest absolute Gasteiger partial charge is 0.480 e. The van der Waals surface area contributed by atoms with Crippen LogP contribution in [0.15, 0.2) is 0 Å². The first-order valence-electron chi connectivity index (χ1n) is 8.03. The number of carboxylic acids is 1. The van der Waals surface area contributed by atoms with Gasteiger partial charge in [-0.15, -0.1) is 0 Å². The standard InChI is InChI=1S/C15H32N2O4/c1-2-3-4-8-14(19)13(9-11-18)17-10-6-5-7-12(16)15(20)21/h12-14,17-19H,2-11,16H2,1H3,(H,20,21)/t12-,13?,14?/m0/s1. The number of aliphatic hydroxyl groups excluding tert-OH is 2. The second kappa shape index (κ2) is 13.0. The molecule has 21 heavy (non-hydrogen) atoms. The summed E-state index contributed by atoms with van der Waals surface area (Å²) < 4.78 is 0. The fourth-order valence-electron chi connectivity index (χ4n) is 2.27. The summed E-state index contributed by atoms with van der Waals surface area (Å²) in [6.07, 6.45) is 6.06. The SMILES string of the molecule is CCCCCC(O)C(CCO)NCCCC[C@H](N)C(=O)O. The van der Waals surface area contributed by atoms with E-state index in [4.69, 9.17) is 15.9 Å². The monoisotopic (exact) mass is 304 g/mol. The fraction of sp³-hybridized carbons (Fsp3) is 0.933. The van der Waals surface area contributed by atoms with E-state index in [9.17, 15) is 9.90 Å². The molecule has 0 rings (SSSR count). The molecule has 0 saturated carbocycles. The Morgan fingerprint density at radius 1 is 1.14 bits per heavy atom. The molecule has 0 fully saturated rings. The fourth-order valence-corrected chi connectivity index (χ4v) is 2.27. The van der Waals surface area contributed by atoms with Crippen LogP contribution in [0, 0.1) is 0 Å². The number of aliphatic hydroxyl groups is 2. The summed E-state index contributed by atoms with van der Waals surface area (Å²) in [5, 5.41) is 31.1. The highest BCUT2D eigenvalue weighted by atomic mass is 16.4. The van der Waals surface area contributed by atoms with Crippen molar-refractivity contribution in [2.45, 2.75) is 76.5 Å². The van der Waals surface area contributed by atoms with Crippen LogP contribution in [0.5, 0.6) is 0 Å². The molecule has 0 amide bonds. The number of carboxylic acid groups (broad SMARTS) is 1. The topological polar surface area (TPSA) is 116 Å². The molecule has 6 nitrogen and oxygen atoms in total. The number of hydrogen-bond acceptors (Lipinski definition) is 5. The molecule has 0 aliphatic rings. The van der Waals surface area contributed by atoms with Gasteiger partial charge in [0.2, 0.25) is 0 Å². The van der Waals surface area contributed by atoms with Gasteiger partial charge in [0.25, 0.3) is 0 Å². The molecule has 3 atom stereocenters. The maximum Gasteiger partial charge on any atom is 0.320 e. The van der Waals surface area contributed by atoms with Gasteiger partial charge in [0, 0.05) is 12.6 Å². The van der Waals surface area contributed by atoms with E-state index in [0.717, 1.165) is 38.5 Å². The Kier molecular flexibility index (Phi) is 12.6. The van der Waals surface area contributed by atoms with Gasteiger partial charge in [-0.1, -0.05) is 32.6 Å². The third-order valence-corrected chi connectivity index (χ3v) is 3.67. The minimum absolute atomic E-state index is 0.0480. The van der Waals surface area contributed by atoms with Crippen LogP contribution in [-0.4, -0.2) is 52.6 Å². The van der Waals surface area contributed by atoms with E-state index in [1.165, 1.54) is 0 Å². The lowest BCUT2D eigenvalue weighted by Gasteiger charge is -2.23. The molecular weight excluding hydrogens is 272 g/mol. The third kappa shape index (κ3) is 10.6. The normalized spacial score (nSPS) is 15.6. The number of aliphatic carboxylic acids is 1. The van der Waals surface area contributed by atoms with Gasteiger partial charge in [-0.25, -0.2) is 0 Å². The van der Waals surface area contributed by atoms with E-state index >= 15 is 0 Å². The Morgan fingerprint density at radius 3 is 2.38 bits per heavy atom.